The number of aromatic amines is 1. The lowest BCUT2D eigenvalue weighted by atomic mass is 9.84. The Morgan fingerprint density at radius 1 is 1.04 bits per heavy atom. The van der Waals surface area contributed by atoms with Crippen molar-refractivity contribution in [2.45, 2.75) is 44.2 Å². The van der Waals surface area contributed by atoms with Crippen LogP contribution in [0.2, 0.25) is 15.1 Å². The van der Waals surface area contributed by atoms with Gasteiger partial charge in [0, 0.05) is 33.6 Å². The Morgan fingerprint density at radius 3 is 2.59 bits per heavy atom. The van der Waals surface area contributed by atoms with Gasteiger partial charge in [-0.15, -0.1) is 0 Å². The number of imidazole rings is 1. The summed E-state index contributed by atoms with van der Waals surface area (Å²) in [6, 6.07) is 12.1. The minimum atomic E-state index is 0.445. The summed E-state index contributed by atoms with van der Waals surface area (Å²) in [7, 11) is 2.18. The van der Waals surface area contributed by atoms with Gasteiger partial charge in [0.25, 0.3) is 0 Å². The van der Waals surface area contributed by atoms with Crippen LogP contribution >= 0.6 is 34.8 Å². The molecule has 27 heavy (non-hydrogen) atoms. The predicted molar refractivity (Wildman–Crippen MR) is 114 cm³/mol. The fourth-order valence-corrected chi connectivity index (χ4v) is 4.87. The number of hydrogen-bond acceptors (Lipinski definition) is 2. The molecular weight excluding hydrogens is 401 g/mol. The van der Waals surface area contributed by atoms with Gasteiger partial charge in [0.2, 0.25) is 0 Å². The number of aromatic nitrogens is 2. The van der Waals surface area contributed by atoms with Crippen molar-refractivity contribution in [3.63, 3.8) is 0 Å². The number of hydrogen-bond donors (Lipinski definition) is 1. The largest absolute Gasteiger partial charge is 0.342 e. The lowest BCUT2D eigenvalue weighted by Crippen LogP contribution is -2.35. The second-order valence-electron chi connectivity index (χ2n) is 7.49. The first-order valence-corrected chi connectivity index (χ1v) is 10.4. The summed E-state index contributed by atoms with van der Waals surface area (Å²) in [4.78, 5) is 10.7. The van der Waals surface area contributed by atoms with Crippen LogP contribution in [0.1, 0.15) is 43.0 Å². The highest BCUT2D eigenvalue weighted by atomic mass is 35.5. The van der Waals surface area contributed by atoms with E-state index in [1.54, 1.807) is 6.07 Å². The normalized spacial score (nSPS) is 20.5. The molecule has 3 aromatic rings. The summed E-state index contributed by atoms with van der Waals surface area (Å²) >= 11 is 18.4. The highest BCUT2D eigenvalue weighted by Gasteiger charge is 2.28. The quantitative estimate of drug-likeness (QED) is 0.508. The Kier molecular flexibility index (Phi) is 5.65. The van der Waals surface area contributed by atoms with Crippen LogP contribution in [0.4, 0.5) is 0 Å². The molecule has 0 saturated heterocycles. The maximum atomic E-state index is 6.15. The highest BCUT2D eigenvalue weighted by molar-refractivity contribution is 6.34. The Balaban J connectivity index is 1.48. The molecule has 1 heterocycles. The van der Waals surface area contributed by atoms with E-state index in [2.05, 4.69) is 16.9 Å². The fraction of sp³-hybridized carbons (Fsp3) is 0.381. The van der Waals surface area contributed by atoms with Gasteiger partial charge in [0.05, 0.1) is 11.0 Å². The molecule has 1 aliphatic carbocycles. The molecule has 1 saturated carbocycles. The molecule has 2 unspecified atom stereocenters. The second kappa shape index (κ2) is 8.00. The Hall–Kier alpha value is -1.26. The molecule has 0 spiro atoms. The van der Waals surface area contributed by atoms with E-state index in [4.69, 9.17) is 39.8 Å². The molecule has 0 bridgehead atoms. The van der Waals surface area contributed by atoms with E-state index in [-0.39, 0.29) is 0 Å². The lowest BCUT2D eigenvalue weighted by Gasteiger charge is -2.34. The first-order chi connectivity index (χ1) is 13.0. The maximum absolute atomic E-state index is 6.15. The van der Waals surface area contributed by atoms with Crippen LogP contribution in [-0.4, -0.2) is 28.0 Å². The van der Waals surface area contributed by atoms with E-state index >= 15 is 0 Å². The van der Waals surface area contributed by atoms with E-state index in [0.29, 0.717) is 22.0 Å². The van der Waals surface area contributed by atoms with Crippen molar-refractivity contribution in [3.05, 3.63) is 62.9 Å². The molecule has 142 valence electrons. The number of halogens is 3. The molecule has 0 amide bonds. The zero-order valence-electron chi connectivity index (χ0n) is 15.2. The number of nitrogens with zero attached hydrogens (tertiary/aromatic N) is 2. The van der Waals surface area contributed by atoms with Gasteiger partial charge in [-0.3, -0.25) is 4.90 Å². The Labute approximate surface area is 174 Å². The van der Waals surface area contributed by atoms with E-state index in [1.807, 2.05) is 30.3 Å². The van der Waals surface area contributed by atoms with Gasteiger partial charge in [-0.05, 0) is 68.3 Å². The van der Waals surface area contributed by atoms with Gasteiger partial charge >= 0.3 is 0 Å². The fourth-order valence-electron chi connectivity index (χ4n) is 4.13. The molecule has 1 fully saturated rings. The summed E-state index contributed by atoms with van der Waals surface area (Å²) in [5.74, 6) is 1.52. The summed E-state index contributed by atoms with van der Waals surface area (Å²) in [6.45, 7) is 0.841. The third-order valence-corrected chi connectivity index (χ3v) is 6.14. The number of fused-ring (bicyclic) bond motifs is 1. The third kappa shape index (κ3) is 4.43. The molecule has 2 aromatic carbocycles. The first kappa shape index (κ1) is 19.1. The van der Waals surface area contributed by atoms with Gasteiger partial charge in [-0.25, -0.2) is 4.98 Å². The van der Waals surface area contributed by atoms with Crippen molar-refractivity contribution >= 4 is 45.8 Å². The molecule has 6 heteroatoms. The smallest absolute Gasteiger partial charge is 0.110 e. The van der Waals surface area contributed by atoms with Crippen molar-refractivity contribution < 1.29 is 0 Å². The van der Waals surface area contributed by atoms with Crippen molar-refractivity contribution in [2.75, 3.05) is 7.05 Å². The van der Waals surface area contributed by atoms with Gasteiger partial charge in [-0.2, -0.15) is 0 Å². The van der Waals surface area contributed by atoms with E-state index < -0.39 is 0 Å². The summed E-state index contributed by atoms with van der Waals surface area (Å²) < 4.78 is 0. The van der Waals surface area contributed by atoms with Crippen molar-refractivity contribution in [1.29, 1.82) is 0 Å². The average molecular weight is 423 g/mol. The van der Waals surface area contributed by atoms with Crippen molar-refractivity contribution in [1.82, 2.24) is 14.9 Å². The second-order valence-corrected chi connectivity index (χ2v) is 8.80. The monoisotopic (exact) mass is 421 g/mol. The predicted octanol–water partition coefficient (Wildman–Crippen LogP) is 6.68. The van der Waals surface area contributed by atoms with Crippen LogP contribution in [0, 0.1) is 0 Å². The lowest BCUT2D eigenvalue weighted by molar-refractivity contribution is 0.171. The summed E-state index contributed by atoms with van der Waals surface area (Å²) in [5.41, 5.74) is 3.15. The Bertz CT molecular complexity index is 933. The standard InChI is InChI=1S/C21H22Cl3N3/c1-27(12-13-7-16(23)10-17(24)8-13)18-4-2-3-14(9-18)21-25-19-6-5-15(22)11-20(19)26-21/h5-8,10-11,14,18H,2-4,9,12H2,1H3,(H,25,26). The Morgan fingerprint density at radius 2 is 1.81 bits per heavy atom. The van der Waals surface area contributed by atoms with Gasteiger partial charge in [0.15, 0.2) is 0 Å². The molecular formula is C21H22Cl3N3. The highest BCUT2D eigenvalue weighted by Crippen LogP contribution is 2.35. The number of nitrogens with one attached hydrogen (secondary N) is 1. The van der Waals surface area contributed by atoms with Crippen LogP contribution in [-0.2, 0) is 6.54 Å². The molecule has 3 nitrogen and oxygen atoms in total. The topological polar surface area (TPSA) is 31.9 Å². The maximum Gasteiger partial charge on any atom is 0.110 e. The van der Waals surface area contributed by atoms with Gasteiger partial charge in [0.1, 0.15) is 5.82 Å². The molecule has 1 N–H and O–H groups in total. The average Bonchev–Trinajstić information content (AvgIpc) is 3.04. The SMILES string of the molecule is CN(Cc1cc(Cl)cc(Cl)c1)C1CCCC(c2nc3ccc(Cl)cc3[nH]2)C1. The van der Waals surface area contributed by atoms with Gasteiger partial charge in [-0.1, -0.05) is 41.2 Å². The number of H-pyrrole nitrogens is 1. The van der Waals surface area contributed by atoms with E-state index in [9.17, 15) is 0 Å². The van der Waals surface area contributed by atoms with Crippen molar-refractivity contribution in [2.24, 2.45) is 0 Å². The van der Waals surface area contributed by atoms with Crippen LogP contribution in [0.15, 0.2) is 36.4 Å². The van der Waals surface area contributed by atoms with Crippen LogP contribution < -0.4 is 0 Å². The minimum absolute atomic E-state index is 0.445. The molecule has 4 rings (SSSR count). The summed E-state index contributed by atoms with van der Waals surface area (Å²) in [6.07, 6.45) is 4.67. The minimum Gasteiger partial charge on any atom is -0.342 e. The van der Waals surface area contributed by atoms with E-state index in [1.165, 1.54) is 19.3 Å². The third-order valence-electron chi connectivity index (χ3n) is 5.47. The summed E-state index contributed by atoms with van der Waals surface area (Å²) in [5, 5.41) is 2.11. The van der Waals surface area contributed by atoms with Crippen molar-refractivity contribution in [3.8, 4) is 0 Å². The first-order valence-electron chi connectivity index (χ1n) is 9.28. The molecule has 0 aliphatic heterocycles. The molecule has 1 aliphatic rings. The van der Waals surface area contributed by atoms with Crippen LogP contribution in [0.25, 0.3) is 11.0 Å². The zero-order valence-corrected chi connectivity index (χ0v) is 17.5. The van der Waals surface area contributed by atoms with Gasteiger partial charge < -0.3 is 4.98 Å². The molecule has 0 radical (unpaired) electrons. The number of benzene rings is 2. The zero-order chi connectivity index (χ0) is 19.0. The molecule has 2 atom stereocenters. The molecule has 1 aromatic heterocycles. The van der Waals surface area contributed by atoms with Crippen LogP contribution in [0.5, 0.6) is 0 Å². The van der Waals surface area contributed by atoms with E-state index in [0.717, 1.165) is 40.4 Å². The number of rotatable bonds is 4. The van der Waals surface area contributed by atoms with Crippen LogP contribution in [0.3, 0.4) is 0 Å².